The zero-order chi connectivity index (χ0) is 19.0. The maximum absolute atomic E-state index is 12.7. The van der Waals surface area contributed by atoms with E-state index in [1.54, 1.807) is 0 Å². The van der Waals surface area contributed by atoms with Gasteiger partial charge in [-0.3, -0.25) is 9.36 Å². The molecule has 0 bridgehead atoms. The van der Waals surface area contributed by atoms with Crippen LogP contribution >= 0.6 is 11.6 Å². The molecule has 0 saturated heterocycles. The molecule has 0 aliphatic rings. The van der Waals surface area contributed by atoms with Gasteiger partial charge < -0.3 is 5.32 Å². The third kappa shape index (κ3) is 4.44. The average molecular weight is 386 g/mol. The number of halogens is 7. The molecule has 2 aromatic rings. The van der Waals surface area contributed by atoms with Gasteiger partial charge in [0.2, 0.25) is 5.95 Å². The van der Waals surface area contributed by atoms with E-state index in [1.165, 1.54) is 7.05 Å². The largest absolute Gasteiger partial charge is 0.433 e. The van der Waals surface area contributed by atoms with Crippen LogP contribution in [0.25, 0.3) is 0 Å². The highest BCUT2D eigenvalue weighted by Crippen LogP contribution is 2.32. The Hall–Kier alpha value is -2.23. The summed E-state index contributed by atoms with van der Waals surface area (Å²) >= 11 is 5.81. The summed E-state index contributed by atoms with van der Waals surface area (Å²) in [7, 11) is 1.17. The lowest BCUT2D eigenvalue weighted by Gasteiger charge is -2.14. The fraction of sp³-hybridized carbons (Fsp3) is 0.286. The van der Waals surface area contributed by atoms with Crippen molar-refractivity contribution in [1.29, 1.82) is 0 Å². The Kier molecular flexibility index (Phi) is 5.03. The minimum absolute atomic E-state index is 0.0110. The summed E-state index contributed by atoms with van der Waals surface area (Å²) in [6.07, 6.45) is -9.43. The SMILES string of the molecule is Cn1c(NCc2cc(C(F)(F)F)ccc2Cl)nc(C(F)(F)F)cc1=O. The molecule has 0 radical (unpaired) electrons. The van der Waals surface area contributed by atoms with Crippen LogP contribution in [0.3, 0.4) is 0 Å². The molecule has 0 amide bonds. The molecule has 1 aromatic carbocycles. The molecule has 0 aliphatic carbocycles. The minimum atomic E-state index is -4.84. The second-order valence-corrected chi connectivity index (χ2v) is 5.42. The van der Waals surface area contributed by atoms with Gasteiger partial charge in [-0.25, -0.2) is 4.98 Å². The summed E-state index contributed by atoms with van der Waals surface area (Å²) in [5.74, 6) is -0.451. The summed E-state index contributed by atoms with van der Waals surface area (Å²) in [6.45, 7) is -0.357. The van der Waals surface area contributed by atoms with E-state index in [4.69, 9.17) is 11.6 Å². The number of nitrogens with zero attached hydrogens (tertiary/aromatic N) is 2. The molecule has 11 heteroatoms. The van der Waals surface area contributed by atoms with E-state index in [0.29, 0.717) is 6.07 Å². The quantitative estimate of drug-likeness (QED) is 0.810. The van der Waals surface area contributed by atoms with Gasteiger partial charge in [-0.05, 0) is 23.8 Å². The number of alkyl halides is 6. The van der Waals surface area contributed by atoms with Gasteiger partial charge in [-0.1, -0.05) is 11.6 Å². The predicted molar refractivity (Wildman–Crippen MR) is 78.3 cm³/mol. The predicted octanol–water partition coefficient (Wildman–Crippen LogP) is 4.08. The summed E-state index contributed by atoms with van der Waals surface area (Å²) in [5.41, 5.74) is -3.35. The number of rotatable bonds is 3. The Balaban J connectivity index is 2.33. The average Bonchev–Trinajstić information content (AvgIpc) is 2.47. The third-order valence-electron chi connectivity index (χ3n) is 3.24. The first-order chi connectivity index (χ1) is 11.4. The van der Waals surface area contributed by atoms with Gasteiger partial charge in [0.1, 0.15) is 0 Å². The number of hydrogen-bond donors (Lipinski definition) is 1. The van der Waals surface area contributed by atoms with E-state index >= 15 is 0 Å². The normalized spacial score (nSPS) is 12.3. The molecule has 0 aliphatic heterocycles. The number of nitrogens with one attached hydrogen (secondary N) is 1. The van der Waals surface area contributed by atoms with E-state index in [0.717, 1.165) is 22.8 Å². The highest BCUT2D eigenvalue weighted by molar-refractivity contribution is 6.31. The van der Waals surface area contributed by atoms with Crippen molar-refractivity contribution < 1.29 is 26.3 Å². The van der Waals surface area contributed by atoms with Crippen LogP contribution in [-0.2, 0) is 25.9 Å². The Morgan fingerprint density at radius 1 is 1.12 bits per heavy atom. The van der Waals surface area contributed by atoms with Crippen LogP contribution < -0.4 is 10.9 Å². The molecule has 1 heterocycles. The van der Waals surface area contributed by atoms with E-state index in [1.807, 2.05) is 0 Å². The molecular formula is C14H10ClF6N3O. The van der Waals surface area contributed by atoms with Crippen molar-refractivity contribution >= 4 is 17.5 Å². The molecule has 0 saturated carbocycles. The van der Waals surface area contributed by atoms with E-state index in [9.17, 15) is 31.1 Å². The zero-order valence-electron chi connectivity index (χ0n) is 12.5. The van der Waals surface area contributed by atoms with Crippen LogP contribution in [0.2, 0.25) is 5.02 Å². The fourth-order valence-corrected chi connectivity index (χ4v) is 2.09. The summed E-state index contributed by atoms with van der Waals surface area (Å²) in [6, 6.07) is 2.90. The first-order valence-corrected chi connectivity index (χ1v) is 7.02. The first-order valence-electron chi connectivity index (χ1n) is 6.64. The lowest BCUT2D eigenvalue weighted by molar-refractivity contribution is -0.141. The molecule has 0 spiro atoms. The highest BCUT2D eigenvalue weighted by Gasteiger charge is 2.34. The van der Waals surface area contributed by atoms with Crippen molar-refractivity contribution in [1.82, 2.24) is 9.55 Å². The smallest absolute Gasteiger partial charge is 0.351 e. The van der Waals surface area contributed by atoms with E-state index in [2.05, 4.69) is 10.3 Å². The van der Waals surface area contributed by atoms with Gasteiger partial charge >= 0.3 is 12.4 Å². The van der Waals surface area contributed by atoms with Crippen molar-refractivity contribution in [3.8, 4) is 0 Å². The molecular weight excluding hydrogens is 376 g/mol. The molecule has 2 rings (SSSR count). The van der Waals surface area contributed by atoms with Crippen molar-refractivity contribution in [2.75, 3.05) is 5.32 Å². The number of hydrogen-bond acceptors (Lipinski definition) is 3. The third-order valence-corrected chi connectivity index (χ3v) is 3.60. The second-order valence-electron chi connectivity index (χ2n) is 5.02. The minimum Gasteiger partial charge on any atom is -0.351 e. The summed E-state index contributed by atoms with van der Waals surface area (Å²) < 4.78 is 77.1. The van der Waals surface area contributed by atoms with Crippen LogP contribution in [0, 0.1) is 0 Å². The maximum Gasteiger partial charge on any atom is 0.433 e. The Morgan fingerprint density at radius 2 is 1.76 bits per heavy atom. The Labute approximate surface area is 142 Å². The zero-order valence-corrected chi connectivity index (χ0v) is 13.2. The van der Waals surface area contributed by atoms with Crippen LogP contribution in [0.5, 0.6) is 0 Å². The maximum atomic E-state index is 12.7. The van der Waals surface area contributed by atoms with Crippen molar-refractivity contribution in [2.45, 2.75) is 18.9 Å². The van der Waals surface area contributed by atoms with Crippen LogP contribution in [0.4, 0.5) is 32.3 Å². The molecule has 1 N–H and O–H groups in total. The van der Waals surface area contributed by atoms with Gasteiger partial charge in [0.25, 0.3) is 5.56 Å². The molecule has 0 atom stereocenters. The topological polar surface area (TPSA) is 46.9 Å². The standard InChI is InChI=1S/C14H10ClF6N3O/c1-24-11(25)5-10(14(19,20)21)23-12(24)22-6-7-4-8(13(16,17)18)2-3-9(7)15/h2-5H,6H2,1H3,(H,22,23). The van der Waals surface area contributed by atoms with Gasteiger partial charge in [0, 0.05) is 24.7 Å². The van der Waals surface area contributed by atoms with Gasteiger partial charge in [-0.2, -0.15) is 26.3 Å². The van der Waals surface area contributed by atoms with Crippen LogP contribution in [-0.4, -0.2) is 9.55 Å². The highest BCUT2D eigenvalue weighted by atomic mass is 35.5. The number of benzene rings is 1. The van der Waals surface area contributed by atoms with Crippen molar-refractivity contribution in [2.24, 2.45) is 7.05 Å². The van der Waals surface area contributed by atoms with Gasteiger partial charge in [-0.15, -0.1) is 0 Å². The molecule has 0 fully saturated rings. The molecule has 136 valence electrons. The number of aromatic nitrogens is 2. The van der Waals surface area contributed by atoms with E-state index in [-0.39, 0.29) is 17.1 Å². The van der Waals surface area contributed by atoms with Gasteiger partial charge in [0.15, 0.2) is 5.69 Å². The lowest BCUT2D eigenvalue weighted by atomic mass is 10.1. The second kappa shape index (κ2) is 6.58. The Morgan fingerprint density at radius 3 is 2.32 bits per heavy atom. The molecule has 0 unspecified atom stereocenters. The van der Waals surface area contributed by atoms with Crippen LogP contribution in [0.15, 0.2) is 29.1 Å². The molecule has 25 heavy (non-hydrogen) atoms. The monoisotopic (exact) mass is 385 g/mol. The fourth-order valence-electron chi connectivity index (χ4n) is 1.90. The van der Waals surface area contributed by atoms with Crippen molar-refractivity contribution in [3.63, 3.8) is 0 Å². The van der Waals surface area contributed by atoms with E-state index < -0.39 is 35.1 Å². The molecule has 1 aromatic heterocycles. The first kappa shape index (κ1) is 19.1. The summed E-state index contributed by atoms with van der Waals surface area (Å²) in [4.78, 5) is 14.9. The number of anilines is 1. The Bertz CT molecular complexity index is 844. The molecule has 4 nitrogen and oxygen atoms in total. The van der Waals surface area contributed by atoms with Crippen LogP contribution in [0.1, 0.15) is 16.8 Å². The van der Waals surface area contributed by atoms with Gasteiger partial charge in [0.05, 0.1) is 5.56 Å². The lowest BCUT2D eigenvalue weighted by Crippen LogP contribution is -2.25. The van der Waals surface area contributed by atoms with Crippen molar-refractivity contribution in [3.05, 3.63) is 56.5 Å². The summed E-state index contributed by atoms with van der Waals surface area (Å²) in [5, 5.41) is 2.39.